The third-order valence-electron chi connectivity index (χ3n) is 5.92. The Kier molecular flexibility index (Phi) is 6.87. The number of fused-ring (bicyclic) bond motifs is 2. The Labute approximate surface area is 199 Å². The summed E-state index contributed by atoms with van der Waals surface area (Å²) in [6.07, 6.45) is 1.50. The number of carbonyl (C=O) groups is 1. The fourth-order valence-corrected chi connectivity index (χ4v) is 4.02. The number of anilines is 1. The largest absolute Gasteiger partial charge is 0.494 e. The molecule has 6 nitrogen and oxygen atoms in total. The Bertz CT molecular complexity index is 1350. The van der Waals surface area contributed by atoms with Crippen molar-refractivity contribution in [1.29, 1.82) is 0 Å². The summed E-state index contributed by atoms with van der Waals surface area (Å²) in [5.74, 6) is 0.843. The molecule has 0 saturated heterocycles. The van der Waals surface area contributed by atoms with E-state index in [-0.39, 0.29) is 6.42 Å². The SMILES string of the molecule is CN(C)c1ccc2c(-c3ccc(OCCCCC(=O)O)cc3)c3ccc(=[N+](C)C)cc-3oc2c1. The molecule has 0 saturated carbocycles. The second kappa shape index (κ2) is 10.00. The van der Waals surface area contributed by atoms with Crippen LogP contribution in [-0.2, 0) is 4.79 Å². The van der Waals surface area contributed by atoms with Gasteiger partial charge in [0.2, 0.25) is 5.36 Å². The highest BCUT2D eigenvalue weighted by atomic mass is 16.5. The molecule has 0 bridgehead atoms. The lowest BCUT2D eigenvalue weighted by atomic mass is 9.93. The van der Waals surface area contributed by atoms with E-state index in [1.165, 1.54) is 0 Å². The molecule has 1 N–H and O–H groups in total. The molecular formula is C28H31N2O4+. The Morgan fingerprint density at radius 1 is 1.00 bits per heavy atom. The molecular weight excluding hydrogens is 428 g/mol. The van der Waals surface area contributed by atoms with Crippen LogP contribution in [0.4, 0.5) is 5.69 Å². The van der Waals surface area contributed by atoms with E-state index in [2.05, 4.69) is 58.0 Å². The Morgan fingerprint density at radius 2 is 1.76 bits per heavy atom. The number of unbranched alkanes of at least 4 members (excludes halogenated alkanes) is 1. The van der Waals surface area contributed by atoms with Gasteiger partial charge >= 0.3 is 5.97 Å². The predicted octanol–water partition coefficient (Wildman–Crippen LogP) is 4.94. The van der Waals surface area contributed by atoms with Gasteiger partial charge < -0.3 is 19.2 Å². The normalized spacial score (nSPS) is 11.1. The number of carboxylic acid groups (broad SMARTS) is 1. The molecule has 0 aromatic heterocycles. The van der Waals surface area contributed by atoms with Gasteiger partial charge in [-0.2, -0.15) is 0 Å². The molecule has 0 atom stereocenters. The molecule has 6 heteroatoms. The summed E-state index contributed by atoms with van der Waals surface area (Å²) in [5, 5.41) is 10.9. The van der Waals surface area contributed by atoms with Crippen LogP contribution in [-0.4, -0.2) is 45.9 Å². The fraction of sp³-hybridized carbons (Fsp3) is 0.286. The summed E-state index contributed by atoms with van der Waals surface area (Å²) in [6.45, 7) is 0.503. The zero-order valence-electron chi connectivity index (χ0n) is 20.2. The van der Waals surface area contributed by atoms with Crippen LogP contribution in [0, 0.1) is 0 Å². The molecule has 4 rings (SSSR count). The van der Waals surface area contributed by atoms with Crippen LogP contribution in [0.3, 0.4) is 0 Å². The summed E-state index contributed by atoms with van der Waals surface area (Å²) in [5.41, 5.74) is 5.18. The van der Waals surface area contributed by atoms with Crippen LogP contribution in [0.1, 0.15) is 19.3 Å². The third kappa shape index (κ3) is 5.06. The van der Waals surface area contributed by atoms with Crippen LogP contribution in [0.5, 0.6) is 5.75 Å². The van der Waals surface area contributed by atoms with Crippen molar-refractivity contribution < 1.29 is 19.1 Å². The average molecular weight is 460 g/mol. The number of ether oxygens (including phenoxy) is 1. The summed E-state index contributed by atoms with van der Waals surface area (Å²) < 4.78 is 14.3. The van der Waals surface area contributed by atoms with Gasteiger partial charge in [0.15, 0.2) is 0 Å². The first-order valence-corrected chi connectivity index (χ1v) is 11.5. The molecule has 34 heavy (non-hydrogen) atoms. The van der Waals surface area contributed by atoms with Gasteiger partial charge in [0.05, 0.1) is 12.7 Å². The number of carboxylic acids is 1. The molecule has 0 spiro atoms. The lowest BCUT2D eigenvalue weighted by Gasteiger charge is -2.18. The van der Waals surface area contributed by atoms with Crippen molar-refractivity contribution in [3.05, 3.63) is 66.0 Å². The van der Waals surface area contributed by atoms with Crippen molar-refractivity contribution in [2.45, 2.75) is 19.3 Å². The second-order valence-corrected chi connectivity index (χ2v) is 8.85. The molecule has 1 aliphatic heterocycles. The van der Waals surface area contributed by atoms with Crippen molar-refractivity contribution in [2.75, 3.05) is 39.7 Å². The zero-order chi connectivity index (χ0) is 24.2. The minimum Gasteiger partial charge on any atom is -0.494 e. The maximum Gasteiger partial charge on any atom is 0.303 e. The van der Waals surface area contributed by atoms with Gasteiger partial charge in [0.1, 0.15) is 31.2 Å². The number of nitrogens with zero attached hydrogens (tertiary/aromatic N) is 2. The smallest absolute Gasteiger partial charge is 0.303 e. The maximum absolute atomic E-state index is 10.6. The van der Waals surface area contributed by atoms with Crippen molar-refractivity contribution in [3.63, 3.8) is 0 Å². The van der Waals surface area contributed by atoms with E-state index in [1.807, 2.05) is 40.3 Å². The summed E-state index contributed by atoms with van der Waals surface area (Å²) >= 11 is 0. The summed E-state index contributed by atoms with van der Waals surface area (Å²) in [4.78, 5) is 12.7. The Morgan fingerprint density at radius 3 is 2.44 bits per heavy atom. The lowest BCUT2D eigenvalue weighted by molar-refractivity contribution is -0.137. The number of benzene rings is 3. The highest BCUT2D eigenvalue weighted by Gasteiger charge is 2.18. The number of aliphatic carboxylic acids is 1. The average Bonchev–Trinajstić information content (AvgIpc) is 2.81. The monoisotopic (exact) mass is 459 g/mol. The van der Waals surface area contributed by atoms with Gasteiger partial charge in [-0.1, -0.05) is 12.1 Å². The standard InChI is InChI=1S/C28H30N2O4/c1-29(2)20-10-14-23-25(17-20)34-26-18-21(30(3)4)11-15-24(26)28(23)19-8-12-22(13-9-19)33-16-6-5-7-27(31)32/h8-15,17-18H,5-7,16H2,1-4H3/p+1. The minimum atomic E-state index is -0.770. The van der Waals surface area contributed by atoms with Gasteiger partial charge in [-0.25, -0.2) is 4.58 Å². The number of hydrogen-bond acceptors (Lipinski definition) is 4. The van der Waals surface area contributed by atoms with Crippen LogP contribution in [0.2, 0.25) is 0 Å². The molecule has 0 radical (unpaired) electrons. The van der Waals surface area contributed by atoms with Crippen LogP contribution >= 0.6 is 0 Å². The van der Waals surface area contributed by atoms with Crippen LogP contribution in [0.25, 0.3) is 33.4 Å². The molecule has 176 valence electrons. The van der Waals surface area contributed by atoms with Crippen LogP contribution in [0.15, 0.2) is 65.1 Å². The molecule has 2 aromatic carbocycles. The molecule has 0 unspecified atom stereocenters. The first-order chi connectivity index (χ1) is 16.3. The van der Waals surface area contributed by atoms with Gasteiger partial charge in [0.25, 0.3) is 0 Å². The lowest BCUT2D eigenvalue weighted by Crippen LogP contribution is -2.21. The molecule has 0 fully saturated rings. The molecule has 1 heterocycles. The van der Waals surface area contributed by atoms with Crippen LogP contribution < -0.4 is 19.6 Å². The van der Waals surface area contributed by atoms with E-state index in [4.69, 9.17) is 14.3 Å². The number of rotatable bonds is 8. The minimum absolute atomic E-state index is 0.173. The predicted molar refractivity (Wildman–Crippen MR) is 137 cm³/mol. The highest BCUT2D eigenvalue weighted by Crippen LogP contribution is 2.41. The fourth-order valence-electron chi connectivity index (χ4n) is 4.02. The van der Waals surface area contributed by atoms with Gasteiger partial charge in [-0.05, 0) is 48.7 Å². The van der Waals surface area contributed by atoms with E-state index in [0.29, 0.717) is 19.4 Å². The maximum atomic E-state index is 10.6. The Hall–Kier alpha value is -3.80. The van der Waals surface area contributed by atoms with Crippen molar-refractivity contribution in [3.8, 4) is 28.2 Å². The van der Waals surface area contributed by atoms with Crippen molar-refractivity contribution >= 4 is 22.6 Å². The van der Waals surface area contributed by atoms with E-state index in [0.717, 1.165) is 50.2 Å². The van der Waals surface area contributed by atoms with E-state index < -0.39 is 5.97 Å². The molecule has 2 aromatic rings. The first-order valence-electron chi connectivity index (χ1n) is 11.5. The zero-order valence-corrected chi connectivity index (χ0v) is 20.2. The molecule has 2 aliphatic rings. The second-order valence-electron chi connectivity index (χ2n) is 8.85. The Balaban J connectivity index is 1.74. The van der Waals surface area contributed by atoms with E-state index >= 15 is 0 Å². The summed E-state index contributed by atoms with van der Waals surface area (Å²) in [6, 6.07) is 20.7. The van der Waals surface area contributed by atoms with E-state index in [9.17, 15) is 4.79 Å². The third-order valence-corrected chi connectivity index (χ3v) is 5.92. The van der Waals surface area contributed by atoms with Gasteiger partial charge in [-0.3, -0.25) is 4.79 Å². The van der Waals surface area contributed by atoms with Gasteiger partial charge in [-0.15, -0.1) is 0 Å². The highest BCUT2D eigenvalue weighted by molar-refractivity contribution is 6.02. The molecule has 0 amide bonds. The van der Waals surface area contributed by atoms with E-state index in [1.54, 1.807) is 0 Å². The quantitative estimate of drug-likeness (QED) is 0.230. The topological polar surface area (TPSA) is 65.9 Å². The molecule has 1 aliphatic carbocycles. The summed E-state index contributed by atoms with van der Waals surface area (Å²) in [7, 11) is 8.09. The van der Waals surface area contributed by atoms with Crippen molar-refractivity contribution in [2.24, 2.45) is 0 Å². The number of hydrogen-bond donors (Lipinski definition) is 1. The van der Waals surface area contributed by atoms with Crippen molar-refractivity contribution in [1.82, 2.24) is 4.58 Å². The first kappa shape index (κ1) is 23.4. The van der Waals surface area contributed by atoms with Gasteiger partial charge in [0, 0.05) is 54.8 Å².